The first-order valence-electron chi connectivity index (χ1n) is 5.70. The molecule has 0 aliphatic carbocycles. The molecule has 0 N–H and O–H groups in total. The molecule has 2 rings (SSSR count). The maximum atomic E-state index is 11.7. The topological polar surface area (TPSA) is 86.5 Å². The number of hydrogen-bond acceptors (Lipinski definition) is 5. The molecule has 0 amide bonds. The summed E-state index contributed by atoms with van der Waals surface area (Å²) in [7, 11) is -3.74. The molecule has 0 unspecified atom stereocenters. The van der Waals surface area contributed by atoms with Crippen molar-refractivity contribution >= 4 is 31.5 Å². The van der Waals surface area contributed by atoms with E-state index in [-0.39, 0.29) is 10.6 Å². The van der Waals surface area contributed by atoms with Crippen LogP contribution in [0.15, 0.2) is 51.8 Å². The van der Waals surface area contributed by atoms with Gasteiger partial charge < -0.3 is 4.74 Å². The average Bonchev–Trinajstić information content (AvgIpc) is 2.40. The highest BCUT2D eigenvalue weighted by Gasteiger charge is 2.27. The molecule has 0 aliphatic rings. The number of nitrogens with zero attached hydrogens (tertiary/aromatic N) is 1. The van der Waals surface area contributed by atoms with Crippen molar-refractivity contribution in [3.05, 3.63) is 57.1 Å². The van der Waals surface area contributed by atoms with Crippen molar-refractivity contribution in [2.45, 2.75) is 4.90 Å². The Bertz CT molecular complexity index is 804. The molecule has 6 nitrogen and oxygen atoms in total. The first-order valence-corrected chi connectivity index (χ1v) is 8.39. The molecule has 0 atom stereocenters. The van der Waals surface area contributed by atoms with Gasteiger partial charge in [-0.05, 0) is 40.2 Å². The number of benzene rings is 2. The Labute approximate surface area is 129 Å². The van der Waals surface area contributed by atoms with Gasteiger partial charge >= 0.3 is 5.69 Å². The minimum absolute atomic E-state index is 0.130. The summed E-state index contributed by atoms with van der Waals surface area (Å²) in [5.41, 5.74) is -0.573. The Morgan fingerprint density at radius 3 is 2.29 bits per heavy atom. The molecule has 0 aliphatic heterocycles. The van der Waals surface area contributed by atoms with Crippen LogP contribution in [0, 0.1) is 10.1 Å². The van der Waals surface area contributed by atoms with E-state index in [1.807, 2.05) is 0 Å². The number of halogens is 1. The van der Waals surface area contributed by atoms with Gasteiger partial charge in [-0.25, -0.2) is 8.42 Å². The molecular formula is C13H10BrNO5S. The number of rotatable bonds is 4. The van der Waals surface area contributed by atoms with Crippen LogP contribution in [0.5, 0.6) is 11.5 Å². The van der Waals surface area contributed by atoms with Crippen molar-refractivity contribution in [2.75, 3.05) is 6.26 Å². The van der Waals surface area contributed by atoms with Gasteiger partial charge in [0.25, 0.3) is 0 Å². The first kappa shape index (κ1) is 15.5. The van der Waals surface area contributed by atoms with Crippen LogP contribution in [0.4, 0.5) is 5.69 Å². The highest BCUT2D eigenvalue weighted by Crippen LogP contribution is 2.38. The Balaban J connectivity index is 2.60. The van der Waals surface area contributed by atoms with Gasteiger partial charge in [0, 0.05) is 6.26 Å². The molecular weight excluding hydrogens is 362 g/mol. The van der Waals surface area contributed by atoms with E-state index in [0.717, 1.165) is 6.26 Å². The molecule has 21 heavy (non-hydrogen) atoms. The van der Waals surface area contributed by atoms with Crippen LogP contribution < -0.4 is 4.74 Å². The van der Waals surface area contributed by atoms with Crippen LogP contribution in [0.3, 0.4) is 0 Å². The van der Waals surface area contributed by atoms with Gasteiger partial charge in [0.2, 0.25) is 5.75 Å². The van der Waals surface area contributed by atoms with Gasteiger partial charge in [0.1, 0.15) is 10.6 Å². The average molecular weight is 372 g/mol. The van der Waals surface area contributed by atoms with E-state index in [2.05, 4.69) is 15.9 Å². The predicted molar refractivity (Wildman–Crippen MR) is 80.4 cm³/mol. The van der Waals surface area contributed by atoms with Gasteiger partial charge in [0.15, 0.2) is 9.84 Å². The van der Waals surface area contributed by atoms with E-state index in [0.29, 0.717) is 10.2 Å². The number of nitro groups is 1. The summed E-state index contributed by atoms with van der Waals surface area (Å²) in [4.78, 5) is 10.1. The fourth-order valence-corrected chi connectivity index (χ4v) is 2.93. The van der Waals surface area contributed by atoms with E-state index in [1.165, 1.54) is 18.2 Å². The summed E-state index contributed by atoms with van der Waals surface area (Å²) in [5.74, 6) is 0.223. The third-order valence-electron chi connectivity index (χ3n) is 2.60. The summed E-state index contributed by atoms with van der Waals surface area (Å²) >= 11 is 3.26. The minimum Gasteiger partial charge on any atom is -0.449 e. The minimum atomic E-state index is -3.74. The maximum absolute atomic E-state index is 11.7. The summed E-state index contributed by atoms with van der Waals surface area (Å²) < 4.78 is 29.4. The van der Waals surface area contributed by atoms with Crippen molar-refractivity contribution < 1.29 is 18.1 Å². The predicted octanol–water partition coefficient (Wildman–Crippen LogP) is 3.55. The van der Waals surface area contributed by atoms with Crippen molar-refractivity contribution in [1.82, 2.24) is 0 Å². The number of ether oxygens (including phenoxy) is 1. The van der Waals surface area contributed by atoms with Crippen LogP contribution in [0.25, 0.3) is 0 Å². The third kappa shape index (κ3) is 3.40. The zero-order chi connectivity index (χ0) is 15.6. The molecule has 0 spiro atoms. The molecule has 2 aromatic carbocycles. The summed E-state index contributed by atoms with van der Waals surface area (Å²) in [6.07, 6.45) is 0.914. The fraction of sp³-hybridized carbons (Fsp3) is 0.0769. The van der Waals surface area contributed by atoms with Crippen LogP contribution in [-0.2, 0) is 9.84 Å². The van der Waals surface area contributed by atoms with Crippen molar-refractivity contribution in [3.63, 3.8) is 0 Å². The van der Waals surface area contributed by atoms with Gasteiger partial charge in [-0.1, -0.05) is 18.2 Å². The van der Waals surface area contributed by atoms with Crippen molar-refractivity contribution in [3.8, 4) is 11.5 Å². The second-order valence-electron chi connectivity index (χ2n) is 4.16. The molecule has 0 aromatic heterocycles. The molecule has 8 heteroatoms. The molecule has 2 aromatic rings. The Hall–Kier alpha value is -1.93. The van der Waals surface area contributed by atoms with Crippen molar-refractivity contribution in [1.29, 1.82) is 0 Å². The van der Waals surface area contributed by atoms with Crippen LogP contribution in [-0.4, -0.2) is 19.6 Å². The lowest BCUT2D eigenvalue weighted by Gasteiger charge is -2.09. The second-order valence-corrected chi connectivity index (χ2v) is 7.00. The van der Waals surface area contributed by atoms with E-state index in [4.69, 9.17) is 4.74 Å². The summed E-state index contributed by atoms with van der Waals surface area (Å²) in [6.45, 7) is 0. The zero-order valence-electron chi connectivity index (χ0n) is 10.8. The summed E-state index contributed by atoms with van der Waals surface area (Å²) in [5, 5.41) is 11.2. The molecule has 0 saturated carbocycles. The summed E-state index contributed by atoms with van der Waals surface area (Å²) in [6, 6.07) is 10.7. The number of para-hydroxylation sites is 2. The molecule has 0 fully saturated rings. The Morgan fingerprint density at radius 2 is 1.71 bits per heavy atom. The van der Waals surface area contributed by atoms with E-state index >= 15 is 0 Å². The molecule has 110 valence electrons. The Morgan fingerprint density at radius 1 is 1.10 bits per heavy atom. The van der Waals surface area contributed by atoms with Crippen LogP contribution >= 0.6 is 15.9 Å². The largest absolute Gasteiger partial charge is 0.449 e. The highest BCUT2D eigenvalue weighted by molar-refractivity contribution is 9.10. The van der Waals surface area contributed by atoms with Gasteiger partial charge in [-0.3, -0.25) is 10.1 Å². The van der Waals surface area contributed by atoms with Crippen LogP contribution in [0.1, 0.15) is 0 Å². The number of hydrogen-bond donors (Lipinski definition) is 0. The first-order chi connectivity index (χ1) is 9.80. The van der Waals surface area contributed by atoms with E-state index in [9.17, 15) is 18.5 Å². The van der Waals surface area contributed by atoms with Gasteiger partial charge in [0.05, 0.1) is 9.40 Å². The highest BCUT2D eigenvalue weighted by atomic mass is 79.9. The lowest BCUT2D eigenvalue weighted by Crippen LogP contribution is -2.04. The van der Waals surface area contributed by atoms with Crippen LogP contribution in [0.2, 0.25) is 0 Å². The van der Waals surface area contributed by atoms with Crippen molar-refractivity contribution in [2.24, 2.45) is 0 Å². The van der Waals surface area contributed by atoms with E-state index < -0.39 is 20.4 Å². The fourth-order valence-electron chi connectivity index (χ4n) is 1.71. The van der Waals surface area contributed by atoms with E-state index in [1.54, 1.807) is 24.3 Å². The molecule has 0 saturated heterocycles. The second kappa shape index (κ2) is 5.82. The normalized spacial score (nSPS) is 11.1. The third-order valence-corrected chi connectivity index (χ3v) is 4.38. The SMILES string of the molecule is CS(=O)(=O)c1cccc(Oc2ccccc2Br)c1[N+](=O)[O-]. The smallest absolute Gasteiger partial charge is 0.330 e. The number of nitro benzene ring substituents is 1. The van der Waals surface area contributed by atoms with Gasteiger partial charge in [-0.15, -0.1) is 0 Å². The number of sulfone groups is 1. The lowest BCUT2D eigenvalue weighted by molar-refractivity contribution is -0.388. The lowest BCUT2D eigenvalue weighted by atomic mass is 10.3. The monoisotopic (exact) mass is 371 g/mol. The maximum Gasteiger partial charge on any atom is 0.330 e. The quantitative estimate of drug-likeness (QED) is 0.605. The zero-order valence-corrected chi connectivity index (χ0v) is 13.2. The molecule has 0 heterocycles. The van der Waals surface area contributed by atoms with Gasteiger partial charge in [-0.2, -0.15) is 0 Å². The molecule has 0 bridgehead atoms. The molecule has 0 radical (unpaired) electrons. The Kier molecular flexibility index (Phi) is 4.29. The standard InChI is InChI=1S/C13H10BrNO5S/c1-21(18,19)12-8-4-7-11(13(12)15(16)17)20-10-6-3-2-5-9(10)14/h2-8H,1H3.